The summed E-state index contributed by atoms with van der Waals surface area (Å²) in [5.74, 6) is 0. The zero-order valence-corrected chi connectivity index (χ0v) is 7.85. The molecular weight excluding hydrogens is 202 g/mol. The Kier molecular flexibility index (Phi) is 1.57. The summed E-state index contributed by atoms with van der Waals surface area (Å²) in [6.07, 6.45) is 0.997. The van der Waals surface area contributed by atoms with Crippen molar-refractivity contribution in [1.82, 2.24) is 0 Å². The monoisotopic (exact) mass is 209 g/mol. The highest BCUT2D eigenvalue weighted by Gasteiger charge is 2.12. The van der Waals surface area contributed by atoms with Gasteiger partial charge in [-0.3, -0.25) is 4.99 Å². The second kappa shape index (κ2) is 2.45. The lowest BCUT2D eigenvalue weighted by Gasteiger charge is -1.97. The third kappa shape index (κ3) is 1.11. The van der Waals surface area contributed by atoms with Crippen molar-refractivity contribution in [2.45, 2.75) is 13.3 Å². The highest BCUT2D eigenvalue weighted by atomic mass is 79.9. The topological polar surface area (TPSA) is 12.4 Å². The first kappa shape index (κ1) is 7.04. The normalized spacial score (nSPS) is 14.5. The minimum absolute atomic E-state index is 0.997. The van der Waals surface area contributed by atoms with Crippen LogP contribution in [0.1, 0.15) is 12.5 Å². The molecule has 2 rings (SSSR count). The zero-order valence-electron chi connectivity index (χ0n) is 6.26. The molecule has 0 fully saturated rings. The molecule has 1 aliphatic heterocycles. The van der Waals surface area contributed by atoms with Crippen LogP contribution < -0.4 is 0 Å². The van der Waals surface area contributed by atoms with Gasteiger partial charge in [-0.2, -0.15) is 0 Å². The summed E-state index contributed by atoms with van der Waals surface area (Å²) in [6.45, 7) is 2.06. The van der Waals surface area contributed by atoms with E-state index >= 15 is 0 Å². The van der Waals surface area contributed by atoms with Gasteiger partial charge in [0.2, 0.25) is 0 Å². The molecule has 0 atom stereocenters. The molecule has 0 radical (unpaired) electrons. The van der Waals surface area contributed by atoms with Crippen molar-refractivity contribution in [3.63, 3.8) is 0 Å². The standard InChI is InChI=1S/C9H8BrN/c1-6-5-7-8(10)3-2-4-9(7)11-6/h2-4H,5H2,1H3. The smallest absolute Gasteiger partial charge is 0.0676 e. The number of aliphatic imine (C=N–C) groups is 1. The summed E-state index contributed by atoms with van der Waals surface area (Å²) in [7, 11) is 0. The van der Waals surface area contributed by atoms with E-state index in [1.54, 1.807) is 0 Å². The average molecular weight is 210 g/mol. The first-order valence-electron chi connectivity index (χ1n) is 3.59. The Morgan fingerprint density at radius 2 is 2.27 bits per heavy atom. The first-order valence-corrected chi connectivity index (χ1v) is 4.38. The maximum absolute atomic E-state index is 4.40. The average Bonchev–Trinajstić information content (AvgIpc) is 2.31. The van der Waals surface area contributed by atoms with Crippen molar-refractivity contribution in [3.8, 4) is 0 Å². The molecule has 1 aromatic rings. The molecule has 0 aliphatic carbocycles. The summed E-state index contributed by atoms with van der Waals surface area (Å²) in [5, 5.41) is 0. The van der Waals surface area contributed by atoms with Gasteiger partial charge in [0.25, 0.3) is 0 Å². The van der Waals surface area contributed by atoms with Crippen LogP contribution in [0, 0.1) is 0 Å². The van der Waals surface area contributed by atoms with E-state index in [1.165, 1.54) is 15.7 Å². The van der Waals surface area contributed by atoms with Gasteiger partial charge in [0, 0.05) is 16.6 Å². The van der Waals surface area contributed by atoms with Crippen LogP contribution in [0.2, 0.25) is 0 Å². The molecule has 0 saturated carbocycles. The Morgan fingerprint density at radius 3 is 3.00 bits per heavy atom. The fraction of sp³-hybridized carbons (Fsp3) is 0.222. The lowest BCUT2D eigenvalue weighted by Crippen LogP contribution is -1.89. The maximum Gasteiger partial charge on any atom is 0.0676 e. The van der Waals surface area contributed by atoms with Gasteiger partial charge in [-0.15, -0.1) is 0 Å². The van der Waals surface area contributed by atoms with E-state index < -0.39 is 0 Å². The summed E-state index contributed by atoms with van der Waals surface area (Å²) in [4.78, 5) is 4.40. The van der Waals surface area contributed by atoms with E-state index in [0.717, 1.165) is 12.1 Å². The predicted molar refractivity (Wildman–Crippen MR) is 50.6 cm³/mol. The third-order valence-electron chi connectivity index (χ3n) is 1.84. The Morgan fingerprint density at radius 1 is 1.45 bits per heavy atom. The minimum atomic E-state index is 0.997. The summed E-state index contributed by atoms with van der Waals surface area (Å²) < 4.78 is 1.18. The number of rotatable bonds is 0. The highest BCUT2D eigenvalue weighted by Crippen LogP contribution is 2.32. The number of benzene rings is 1. The second-order valence-corrected chi connectivity index (χ2v) is 3.62. The van der Waals surface area contributed by atoms with Crippen LogP contribution in [0.15, 0.2) is 27.7 Å². The van der Waals surface area contributed by atoms with Crippen molar-refractivity contribution in [1.29, 1.82) is 0 Å². The Balaban J connectivity index is 2.59. The van der Waals surface area contributed by atoms with Gasteiger partial charge in [0.1, 0.15) is 0 Å². The predicted octanol–water partition coefficient (Wildman–Crippen LogP) is 3.10. The molecule has 0 N–H and O–H groups in total. The van der Waals surface area contributed by atoms with E-state index in [0.29, 0.717) is 0 Å². The van der Waals surface area contributed by atoms with E-state index in [1.807, 2.05) is 6.07 Å². The van der Waals surface area contributed by atoms with Crippen molar-refractivity contribution < 1.29 is 0 Å². The van der Waals surface area contributed by atoms with Gasteiger partial charge in [0.15, 0.2) is 0 Å². The number of hydrogen-bond acceptors (Lipinski definition) is 1. The molecule has 0 unspecified atom stereocenters. The van der Waals surface area contributed by atoms with Crippen LogP contribution >= 0.6 is 15.9 Å². The molecule has 1 aliphatic rings. The molecule has 0 spiro atoms. The lowest BCUT2D eigenvalue weighted by atomic mass is 10.1. The zero-order chi connectivity index (χ0) is 7.84. The molecule has 56 valence electrons. The number of halogens is 1. The molecule has 0 saturated heterocycles. The van der Waals surface area contributed by atoms with Crippen LogP contribution in [-0.4, -0.2) is 5.71 Å². The molecule has 0 amide bonds. The van der Waals surface area contributed by atoms with Gasteiger partial charge >= 0.3 is 0 Å². The largest absolute Gasteiger partial charge is 0.257 e. The van der Waals surface area contributed by atoms with Gasteiger partial charge in [-0.25, -0.2) is 0 Å². The van der Waals surface area contributed by atoms with Crippen molar-refractivity contribution >= 4 is 27.3 Å². The van der Waals surface area contributed by atoms with E-state index in [-0.39, 0.29) is 0 Å². The molecule has 1 nitrogen and oxygen atoms in total. The van der Waals surface area contributed by atoms with Crippen LogP contribution in [0.5, 0.6) is 0 Å². The van der Waals surface area contributed by atoms with Crippen molar-refractivity contribution in [3.05, 3.63) is 28.2 Å². The van der Waals surface area contributed by atoms with Crippen LogP contribution in [0.3, 0.4) is 0 Å². The summed E-state index contributed by atoms with van der Waals surface area (Å²) >= 11 is 3.50. The minimum Gasteiger partial charge on any atom is -0.257 e. The number of nitrogens with zero attached hydrogens (tertiary/aromatic N) is 1. The number of hydrogen-bond donors (Lipinski definition) is 0. The molecule has 0 aromatic heterocycles. The molecular formula is C9H8BrN. The molecule has 1 aromatic carbocycles. The van der Waals surface area contributed by atoms with E-state index in [9.17, 15) is 0 Å². The van der Waals surface area contributed by atoms with Crippen molar-refractivity contribution in [2.24, 2.45) is 4.99 Å². The fourth-order valence-corrected chi connectivity index (χ4v) is 1.82. The molecule has 0 bridgehead atoms. The SMILES string of the molecule is CC1=Nc2cccc(Br)c2C1. The highest BCUT2D eigenvalue weighted by molar-refractivity contribution is 9.10. The van der Waals surface area contributed by atoms with E-state index in [2.05, 4.69) is 40.0 Å². The lowest BCUT2D eigenvalue weighted by molar-refractivity contribution is 1.36. The second-order valence-electron chi connectivity index (χ2n) is 2.76. The Bertz CT molecular complexity index is 328. The Labute approximate surface area is 74.3 Å². The Hall–Kier alpha value is -0.630. The van der Waals surface area contributed by atoms with Gasteiger partial charge < -0.3 is 0 Å². The summed E-state index contributed by atoms with van der Waals surface area (Å²) in [5.41, 5.74) is 3.65. The quantitative estimate of drug-likeness (QED) is 0.623. The molecule has 11 heavy (non-hydrogen) atoms. The third-order valence-corrected chi connectivity index (χ3v) is 2.58. The maximum atomic E-state index is 4.40. The molecule has 2 heteroatoms. The van der Waals surface area contributed by atoms with Crippen LogP contribution in [-0.2, 0) is 6.42 Å². The molecule has 1 heterocycles. The van der Waals surface area contributed by atoms with Gasteiger partial charge in [-0.05, 0) is 24.6 Å². The first-order chi connectivity index (χ1) is 5.27. The fourth-order valence-electron chi connectivity index (χ4n) is 1.33. The van der Waals surface area contributed by atoms with Crippen LogP contribution in [0.4, 0.5) is 5.69 Å². The van der Waals surface area contributed by atoms with Gasteiger partial charge in [0.05, 0.1) is 5.69 Å². The van der Waals surface area contributed by atoms with Gasteiger partial charge in [-0.1, -0.05) is 22.0 Å². The van der Waals surface area contributed by atoms with E-state index in [4.69, 9.17) is 0 Å². The number of fused-ring (bicyclic) bond motifs is 1. The van der Waals surface area contributed by atoms with Crippen molar-refractivity contribution in [2.75, 3.05) is 0 Å². The summed E-state index contributed by atoms with van der Waals surface area (Å²) in [6, 6.07) is 6.13. The van der Waals surface area contributed by atoms with Crippen LogP contribution in [0.25, 0.3) is 0 Å².